The first-order chi connectivity index (χ1) is 9.79. The van der Waals surface area contributed by atoms with Gasteiger partial charge in [0.1, 0.15) is 5.82 Å². The molecule has 0 radical (unpaired) electrons. The third kappa shape index (κ3) is 2.59. The molecule has 0 unspecified atom stereocenters. The van der Waals surface area contributed by atoms with E-state index in [4.69, 9.17) is 5.41 Å². The van der Waals surface area contributed by atoms with Crippen LogP contribution in [0.25, 0.3) is 5.57 Å². The number of allylic oxidation sites excluding steroid dienone is 6. The van der Waals surface area contributed by atoms with E-state index in [2.05, 4.69) is 13.2 Å². The molecule has 0 bridgehead atoms. The maximum Gasteiger partial charge on any atom is 0.416 e. The zero-order valence-corrected chi connectivity index (χ0v) is 10.9. The fraction of sp³-hybridized carbons (Fsp3) is 0.0625. The van der Waals surface area contributed by atoms with Crippen molar-refractivity contribution >= 4 is 11.3 Å². The average molecular weight is 293 g/mol. The van der Waals surface area contributed by atoms with E-state index in [1.165, 1.54) is 18.2 Å². The molecule has 1 nitrogen and oxygen atoms in total. The van der Waals surface area contributed by atoms with Crippen LogP contribution >= 0.6 is 0 Å². The van der Waals surface area contributed by atoms with Crippen molar-refractivity contribution in [1.82, 2.24) is 0 Å². The average Bonchev–Trinajstić information content (AvgIpc) is 2.71. The van der Waals surface area contributed by atoms with Gasteiger partial charge in [0, 0.05) is 5.56 Å². The molecule has 0 amide bonds. The molecule has 0 fully saturated rings. The molecule has 0 saturated heterocycles. The van der Waals surface area contributed by atoms with Crippen molar-refractivity contribution in [3.8, 4) is 0 Å². The van der Waals surface area contributed by atoms with E-state index in [9.17, 15) is 17.6 Å². The Morgan fingerprint density at radius 2 is 1.76 bits per heavy atom. The number of hydrogen-bond donors (Lipinski definition) is 1. The maximum absolute atomic E-state index is 13.4. The molecule has 1 aromatic rings. The predicted molar refractivity (Wildman–Crippen MR) is 74.7 cm³/mol. The van der Waals surface area contributed by atoms with Crippen LogP contribution in [-0.4, -0.2) is 11.9 Å². The van der Waals surface area contributed by atoms with Crippen molar-refractivity contribution in [1.29, 1.82) is 5.41 Å². The Hall–Kier alpha value is -2.43. The van der Waals surface area contributed by atoms with E-state index in [1.54, 1.807) is 0 Å². The van der Waals surface area contributed by atoms with Crippen molar-refractivity contribution in [2.75, 3.05) is 0 Å². The quantitative estimate of drug-likeness (QED) is 0.610. The zero-order chi connectivity index (χ0) is 15.8. The molecule has 108 valence electrons. The van der Waals surface area contributed by atoms with Crippen LogP contribution in [0.15, 0.2) is 60.7 Å². The van der Waals surface area contributed by atoms with Crippen LogP contribution < -0.4 is 0 Å². The van der Waals surface area contributed by atoms with Gasteiger partial charge >= 0.3 is 6.18 Å². The number of benzene rings is 1. The van der Waals surface area contributed by atoms with Gasteiger partial charge in [0.05, 0.1) is 11.3 Å². The molecular weight excluding hydrogens is 282 g/mol. The highest BCUT2D eigenvalue weighted by Gasteiger charge is 2.35. The first kappa shape index (κ1) is 15.0. The lowest BCUT2D eigenvalue weighted by molar-refractivity contribution is -0.0885. The van der Waals surface area contributed by atoms with Gasteiger partial charge in [0.25, 0.3) is 0 Å². The lowest BCUT2D eigenvalue weighted by Gasteiger charge is -2.14. The molecule has 0 atom stereocenters. The van der Waals surface area contributed by atoms with E-state index in [1.807, 2.05) is 0 Å². The second-order valence-electron chi connectivity index (χ2n) is 4.39. The summed E-state index contributed by atoms with van der Waals surface area (Å²) in [5.74, 6) is -0.579. The SMILES string of the molecule is C=CC(C1=CC(=N)c2ccc(F)cc21)=C(C=C)C(F)(F)F. The second kappa shape index (κ2) is 5.16. The third-order valence-corrected chi connectivity index (χ3v) is 3.14. The van der Waals surface area contributed by atoms with Crippen LogP contribution in [0, 0.1) is 11.2 Å². The Morgan fingerprint density at radius 3 is 2.29 bits per heavy atom. The van der Waals surface area contributed by atoms with E-state index in [-0.39, 0.29) is 22.4 Å². The van der Waals surface area contributed by atoms with Gasteiger partial charge in [-0.3, -0.25) is 0 Å². The molecule has 1 N–H and O–H groups in total. The zero-order valence-electron chi connectivity index (χ0n) is 10.9. The van der Waals surface area contributed by atoms with Crippen LogP contribution in [0.2, 0.25) is 0 Å². The van der Waals surface area contributed by atoms with Crippen molar-refractivity contribution in [3.63, 3.8) is 0 Å². The molecular formula is C16H11F4N. The number of rotatable bonds is 3. The van der Waals surface area contributed by atoms with Gasteiger partial charge in [-0.2, -0.15) is 13.2 Å². The standard InChI is InChI=1S/C16H11F4N/c1-3-10(14(4-2)16(18,19)20)13-8-15(21)11-6-5-9(17)7-12(11)13/h3-8,21H,1-2H2. The summed E-state index contributed by atoms with van der Waals surface area (Å²) in [6.07, 6.45) is -1.59. The van der Waals surface area contributed by atoms with Crippen LogP contribution in [0.5, 0.6) is 0 Å². The molecule has 1 aliphatic rings. The van der Waals surface area contributed by atoms with E-state index in [0.717, 1.165) is 12.1 Å². The highest BCUT2D eigenvalue weighted by molar-refractivity contribution is 6.20. The summed E-state index contributed by atoms with van der Waals surface area (Å²) in [4.78, 5) is 0. The summed E-state index contributed by atoms with van der Waals surface area (Å²) < 4.78 is 52.5. The molecule has 0 heterocycles. The number of nitrogens with one attached hydrogen (secondary N) is 1. The molecule has 0 aromatic heterocycles. The van der Waals surface area contributed by atoms with Gasteiger partial charge in [-0.15, -0.1) is 0 Å². The first-order valence-corrected chi connectivity index (χ1v) is 5.97. The minimum Gasteiger partial charge on any atom is -0.300 e. The Morgan fingerprint density at radius 1 is 1.10 bits per heavy atom. The summed E-state index contributed by atoms with van der Waals surface area (Å²) in [7, 11) is 0. The molecule has 1 aromatic carbocycles. The number of fused-ring (bicyclic) bond motifs is 1. The minimum absolute atomic E-state index is 0.0323. The molecule has 5 heteroatoms. The predicted octanol–water partition coefficient (Wildman–Crippen LogP) is 4.82. The third-order valence-electron chi connectivity index (χ3n) is 3.14. The number of alkyl halides is 3. The Labute approximate surface area is 119 Å². The molecule has 0 saturated carbocycles. The van der Waals surface area contributed by atoms with E-state index < -0.39 is 17.6 Å². The van der Waals surface area contributed by atoms with Gasteiger partial charge in [-0.25, -0.2) is 4.39 Å². The molecule has 0 aliphatic heterocycles. The lowest BCUT2D eigenvalue weighted by Crippen LogP contribution is -2.12. The second-order valence-corrected chi connectivity index (χ2v) is 4.39. The maximum atomic E-state index is 13.4. The fourth-order valence-electron chi connectivity index (χ4n) is 2.24. The minimum atomic E-state index is -4.61. The highest BCUT2D eigenvalue weighted by atomic mass is 19.4. The summed E-state index contributed by atoms with van der Waals surface area (Å²) in [5, 5.41) is 7.79. The largest absolute Gasteiger partial charge is 0.416 e. The van der Waals surface area contributed by atoms with Crippen LogP contribution in [0.1, 0.15) is 11.1 Å². The molecule has 21 heavy (non-hydrogen) atoms. The summed E-state index contributed by atoms with van der Waals surface area (Å²) in [6, 6.07) is 3.65. The Balaban J connectivity index is 2.72. The molecule has 1 aliphatic carbocycles. The number of halogens is 4. The molecule has 2 rings (SSSR count). The van der Waals surface area contributed by atoms with E-state index >= 15 is 0 Å². The fourth-order valence-corrected chi connectivity index (χ4v) is 2.24. The van der Waals surface area contributed by atoms with E-state index in [0.29, 0.717) is 11.6 Å². The van der Waals surface area contributed by atoms with Crippen molar-refractivity contribution < 1.29 is 17.6 Å². The monoisotopic (exact) mass is 293 g/mol. The van der Waals surface area contributed by atoms with Gasteiger partial charge in [-0.1, -0.05) is 25.3 Å². The highest BCUT2D eigenvalue weighted by Crippen LogP contribution is 2.39. The lowest BCUT2D eigenvalue weighted by atomic mass is 9.94. The van der Waals surface area contributed by atoms with Crippen molar-refractivity contribution in [2.45, 2.75) is 6.18 Å². The van der Waals surface area contributed by atoms with Gasteiger partial charge in [0.2, 0.25) is 0 Å². The summed E-state index contributed by atoms with van der Waals surface area (Å²) in [6.45, 7) is 6.58. The topological polar surface area (TPSA) is 23.9 Å². The number of hydrogen-bond acceptors (Lipinski definition) is 1. The smallest absolute Gasteiger partial charge is 0.300 e. The Kier molecular flexibility index (Phi) is 3.68. The van der Waals surface area contributed by atoms with Crippen LogP contribution in [0.3, 0.4) is 0 Å². The Bertz CT molecular complexity index is 705. The summed E-state index contributed by atoms with van der Waals surface area (Å²) >= 11 is 0. The van der Waals surface area contributed by atoms with Crippen molar-refractivity contribution in [3.05, 3.63) is 77.7 Å². The summed E-state index contributed by atoms with van der Waals surface area (Å²) in [5.41, 5.74) is -0.392. The van der Waals surface area contributed by atoms with Crippen LogP contribution in [-0.2, 0) is 0 Å². The van der Waals surface area contributed by atoms with Gasteiger partial charge in [-0.05, 0) is 41.0 Å². The van der Waals surface area contributed by atoms with Gasteiger partial charge in [0.15, 0.2) is 0 Å². The molecule has 0 spiro atoms. The first-order valence-electron chi connectivity index (χ1n) is 5.97. The van der Waals surface area contributed by atoms with Gasteiger partial charge < -0.3 is 5.41 Å². The van der Waals surface area contributed by atoms with Crippen molar-refractivity contribution in [2.24, 2.45) is 0 Å². The normalized spacial score (nSPS) is 15.2. The van der Waals surface area contributed by atoms with Crippen LogP contribution in [0.4, 0.5) is 17.6 Å².